The maximum Gasteiger partial charge on any atom is 0.416 e. The zero-order valence-electron chi connectivity index (χ0n) is 14.4. The Morgan fingerprint density at radius 1 is 1.23 bits per heavy atom. The van der Waals surface area contributed by atoms with Crippen LogP contribution in [0.5, 0.6) is 0 Å². The molecule has 0 amide bonds. The standard InChI is InChI=1S/C14H17F3N4O4S/c1-9(12(22)25-4)20-13(19(2)3)18-26(23,24)21(20)11-7-5-10(6-8-11)14(15,16)17/h5-9H,1-4H3. The van der Waals surface area contributed by atoms with E-state index in [0.717, 1.165) is 36.4 Å². The van der Waals surface area contributed by atoms with Gasteiger partial charge in [0.25, 0.3) is 0 Å². The van der Waals surface area contributed by atoms with Gasteiger partial charge in [0.2, 0.25) is 5.96 Å². The van der Waals surface area contributed by atoms with E-state index in [1.807, 2.05) is 0 Å². The molecule has 1 aromatic carbocycles. The fourth-order valence-electron chi connectivity index (χ4n) is 2.30. The number of nitrogens with zero attached hydrogens (tertiary/aromatic N) is 4. The molecule has 1 atom stereocenters. The Kier molecular flexibility index (Phi) is 5.08. The summed E-state index contributed by atoms with van der Waals surface area (Å²) in [6, 6.07) is 2.39. The number of halogens is 3. The number of anilines is 1. The molecule has 26 heavy (non-hydrogen) atoms. The second kappa shape index (κ2) is 6.67. The minimum Gasteiger partial charge on any atom is -0.467 e. The molecule has 0 fully saturated rings. The Labute approximate surface area is 148 Å². The number of rotatable bonds is 3. The number of carbonyl (C=O) groups is 1. The average Bonchev–Trinajstić information content (AvgIpc) is 2.84. The molecule has 0 N–H and O–H groups in total. The van der Waals surface area contributed by atoms with Crippen LogP contribution < -0.4 is 4.41 Å². The largest absolute Gasteiger partial charge is 0.467 e. The van der Waals surface area contributed by atoms with Crippen LogP contribution in [-0.2, 0) is 25.9 Å². The van der Waals surface area contributed by atoms with E-state index in [1.165, 1.54) is 25.9 Å². The van der Waals surface area contributed by atoms with Crippen LogP contribution in [0.4, 0.5) is 18.9 Å². The van der Waals surface area contributed by atoms with Gasteiger partial charge >= 0.3 is 22.4 Å². The van der Waals surface area contributed by atoms with E-state index in [1.54, 1.807) is 0 Å². The van der Waals surface area contributed by atoms with Crippen LogP contribution in [0.3, 0.4) is 0 Å². The van der Waals surface area contributed by atoms with Crippen molar-refractivity contribution in [2.45, 2.75) is 19.1 Å². The van der Waals surface area contributed by atoms with Crippen LogP contribution in [0, 0.1) is 0 Å². The maximum absolute atomic E-state index is 12.7. The number of hydrogen-bond acceptors (Lipinski definition) is 6. The molecule has 0 saturated heterocycles. The zero-order chi connectivity index (χ0) is 19.9. The maximum atomic E-state index is 12.7. The van der Waals surface area contributed by atoms with Crippen LogP contribution in [0.1, 0.15) is 12.5 Å². The van der Waals surface area contributed by atoms with Crippen LogP contribution >= 0.6 is 0 Å². The molecule has 12 heteroatoms. The highest BCUT2D eigenvalue weighted by Gasteiger charge is 2.44. The number of ether oxygens (including phenoxy) is 1. The Hall–Kier alpha value is -2.50. The predicted octanol–water partition coefficient (Wildman–Crippen LogP) is 1.47. The minimum atomic E-state index is -4.56. The second-order valence-corrected chi connectivity index (χ2v) is 7.02. The zero-order valence-corrected chi connectivity index (χ0v) is 15.2. The highest BCUT2D eigenvalue weighted by molar-refractivity contribution is 7.91. The summed E-state index contributed by atoms with van der Waals surface area (Å²) in [7, 11) is -0.134. The highest BCUT2D eigenvalue weighted by Crippen LogP contribution is 2.33. The van der Waals surface area contributed by atoms with Crippen LogP contribution in [0.15, 0.2) is 28.7 Å². The smallest absolute Gasteiger partial charge is 0.416 e. The molecule has 1 heterocycles. The molecule has 0 radical (unpaired) electrons. The van der Waals surface area contributed by atoms with Crippen molar-refractivity contribution < 1.29 is 31.1 Å². The van der Waals surface area contributed by atoms with Gasteiger partial charge in [-0.1, -0.05) is 0 Å². The van der Waals surface area contributed by atoms with Gasteiger partial charge in [-0.15, -0.1) is 4.40 Å². The fraction of sp³-hybridized carbons (Fsp3) is 0.429. The van der Waals surface area contributed by atoms with Crippen LogP contribution in [-0.4, -0.2) is 57.5 Å². The first-order valence-electron chi connectivity index (χ1n) is 7.27. The summed E-state index contributed by atoms with van der Waals surface area (Å²) >= 11 is 0. The molecule has 0 spiro atoms. The lowest BCUT2D eigenvalue weighted by Crippen LogP contribution is -2.54. The van der Waals surface area contributed by atoms with Gasteiger partial charge in [0, 0.05) is 14.1 Å². The van der Waals surface area contributed by atoms with Crippen molar-refractivity contribution >= 4 is 27.8 Å². The van der Waals surface area contributed by atoms with Gasteiger partial charge in [0.1, 0.15) is 6.04 Å². The van der Waals surface area contributed by atoms with E-state index in [9.17, 15) is 26.4 Å². The summed E-state index contributed by atoms with van der Waals surface area (Å²) in [6.07, 6.45) is -4.56. The second-order valence-electron chi connectivity index (χ2n) is 5.59. The molecule has 0 aliphatic carbocycles. The van der Waals surface area contributed by atoms with Gasteiger partial charge in [0.15, 0.2) is 0 Å². The topological polar surface area (TPSA) is 82.5 Å². The van der Waals surface area contributed by atoms with Crippen molar-refractivity contribution in [1.82, 2.24) is 9.91 Å². The third kappa shape index (κ3) is 3.54. The molecule has 0 aromatic heterocycles. The number of esters is 1. The normalized spacial score (nSPS) is 17.7. The van der Waals surface area contributed by atoms with Crippen molar-refractivity contribution in [3.05, 3.63) is 29.8 Å². The molecule has 0 bridgehead atoms. The first-order chi connectivity index (χ1) is 11.9. The van der Waals surface area contributed by atoms with Crippen molar-refractivity contribution in [2.24, 2.45) is 4.40 Å². The Balaban J connectivity index is 2.54. The molecule has 2 rings (SSSR count). The van der Waals surface area contributed by atoms with Crippen LogP contribution in [0.25, 0.3) is 0 Å². The molecule has 0 saturated carbocycles. The van der Waals surface area contributed by atoms with E-state index in [0.29, 0.717) is 4.41 Å². The number of hydrazine groups is 1. The van der Waals surface area contributed by atoms with Crippen molar-refractivity contribution in [3.63, 3.8) is 0 Å². The van der Waals surface area contributed by atoms with Gasteiger partial charge in [-0.25, -0.2) is 9.80 Å². The number of guanidine groups is 1. The molecule has 1 aliphatic rings. The van der Waals surface area contributed by atoms with Crippen molar-refractivity contribution in [1.29, 1.82) is 0 Å². The van der Waals surface area contributed by atoms with E-state index in [4.69, 9.17) is 0 Å². The quantitative estimate of drug-likeness (QED) is 0.722. The third-order valence-electron chi connectivity index (χ3n) is 3.54. The monoisotopic (exact) mass is 394 g/mol. The first kappa shape index (κ1) is 19.8. The number of carbonyl (C=O) groups excluding carboxylic acids is 1. The van der Waals surface area contributed by atoms with Gasteiger partial charge in [-0.05, 0) is 31.2 Å². The molecule has 144 valence electrons. The van der Waals surface area contributed by atoms with E-state index in [2.05, 4.69) is 9.13 Å². The molecule has 8 nitrogen and oxygen atoms in total. The first-order valence-corrected chi connectivity index (χ1v) is 8.66. The lowest BCUT2D eigenvalue weighted by Gasteiger charge is -2.34. The fourth-order valence-corrected chi connectivity index (χ4v) is 3.65. The van der Waals surface area contributed by atoms with Crippen molar-refractivity contribution in [2.75, 3.05) is 25.6 Å². The number of benzene rings is 1. The lowest BCUT2D eigenvalue weighted by atomic mass is 10.2. The van der Waals surface area contributed by atoms with E-state index in [-0.39, 0.29) is 11.6 Å². The summed E-state index contributed by atoms with van der Waals surface area (Å²) < 4.78 is 72.1. The lowest BCUT2D eigenvalue weighted by molar-refractivity contribution is -0.144. The third-order valence-corrected chi connectivity index (χ3v) is 4.76. The Bertz CT molecular complexity index is 822. The summed E-state index contributed by atoms with van der Waals surface area (Å²) in [5.74, 6) is -0.823. The van der Waals surface area contributed by atoms with Crippen molar-refractivity contribution in [3.8, 4) is 0 Å². The molecule has 1 aliphatic heterocycles. The number of hydrogen-bond donors (Lipinski definition) is 0. The van der Waals surface area contributed by atoms with Gasteiger partial charge < -0.3 is 9.64 Å². The Morgan fingerprint density at radius 2 is 1.77 bits per heavy atom. The number of methoxy groups -OCH3 is 1. The summed E-state index contributed by atoms with van der Waals surface area (Å²) in [5.41, 5.74) is -1.03. The average molecular weight is 394 g/mol. The van der Waals surface area contributed by atoms with Gasteiger partial charge in [-0.2, -0.15) is 26.0 Å². The van der Waals surface area contributed by atoms with Gasteiger partial charge in [-0.3, -0.25) is 0 Å². The summed E-state index contributed by atoms with van der Waals surface area (Å²) in [6.45, 7) is 1.39. The summed E-state index contributed by atoms with van der Waals surface area (Å²) in [5, 5.41) is 1.05. The molecule has 1 aromatic rings. The highest BCUT2D eigenvalue weighted by atomic mass is 32.2. The summed E-state index contributed by atoms with van der Waals surface area (Å²) in [4.78, 5) is 13.3. The van der Waals surface area contributed by atoms with Gasteiger partial charge in [0.05, 0.1) is 18.4 Å². The minimum absolute atomic E-state index is 0.0807. The molecular formula is C14H17F3N4O4S. The van der Waals surface area contributed by atoms with E-state index < -0.39 is 34.0 Å². The predicted molar refractivity (Wildman–Crippen MR) is 87.3 cm³/mol. The molecular weight excluding hydrogens is 377 g/mol. The van der Waals surface area contributed by atoms with E-state index >= 15 is 0 Å². The van der Waals surface area contributed by atoms with Crippen LogP contribution in [0.2, 0.25) is 0 Å². The SMILES string of the molecule is COC(=O)C(C)N1C(N(C)C)=NS(=O)(=O)N1c1ccc(C(F)(F)F)cc1. The Morgan fingerprint density at radius 3 is 2.19 bits per heavy atom. The number of alkyl halides is 3. The molecule has 1 unspecified atom stereocenters.